The second-order valence-corrected chi connectivity index (χ2v) is 3.31. The summed E-state index contributed by atoms with van der Waals surface area (Å²) in [5.41, 5.74) is 0.944. The zero-order valence-corrected chi connectivity index (χ0v) is 7.54. The Morgan fingerprint density at radius 1 is 1.50 bits per heavy atom. The highest BCUT2D eigenvalue weighted by Gasteiger charge is 2.30. The van der Waals surface area contributed by atoms with Crippen LogP contribution in [0.1, 0.15) is 22.2 Å². The zero-order valence-electron chi connectivity index (χ0n) is 5.95. The molecule has 0 amide bonds. The maximum atomic E-state index is 11.0. The maximum absolute atomic E-state index is 11.0. The van der Waals surface area contributed by atoms with Crippen LogP contribution in [0.4, 0.5) is 0 Å². The van der Waals surface area contributed by atoms with Gasteiger partial charge in [-0.25, -0.2) is 4.79 Å². The zero-order chi connectivity index (χ0) is 8.72. The van der Waals surface area contributed by atoms with Crippen LogP contribution in [-0.2, 0) is 4.74 Å². The van der Waals surface area contributed by atoms with Crippen molar-refractivity contribution in [3.05, 3.63) is 33.8 Å². The van der Waals surface area contributed by atoms with Crippen molar-refractivity contribution in [2.45, 2.75) is 6.29 Å². The first-order valence-electron chi connectivity index (χ1n) is 3.37. The van der Waals surface area contributed by atoms with Crippen molar-refractivity contribution < 1.29 is 14.6 Å². The number of fused-ring (bicyclic) bond motifs is 1. The van der Waals surface area contributed by atoms with E-state index in [9.17, 15) is 9.90 Å². The number of benzene rings is 1. The van der Waals surface area contributed by atoms with Gasteiger partial charge in [0.15, 0.2) is 0 Å². The van der Waals surface area contributed by atoms with E-state index in [-0.39, 0.29) is 0 Å². The molecule has 0 radical (unpaired) electrons. The number of hydrogen-bond donors (Lipinski definition) is 1. The smallest absolute Gasteiger partial charge is 0.341 e. The van der Waals surface area contributed by atoms with Crippen LogP contribution < -0.4 is 0 Å². The monoisotopic (exact) mass is 228 g/mol. The second-order valence-electron chi connectivity index (χ2n) is 2.46. The minimum atomic E-state index is -1.12. The van der Waals surface area contributed by atoms with E-state index in [0.717, 1.165) is 0 Å². The first kappa shape index (κ1) is 7.76. The minimum absolute atomic E-state index is 0.428. The van der Waals surface area contributed by atoms with Crippen molar-refractivity contribution in [3.8, 4) is 0 Å². The van der Waals surface area contributed by atoms with Gasteiger partial charge in [0.2, 0.25) is 6.29 Å². The molecule has 0 aliphatic carbocycles. The Morgan fingerprint density at radius 2 is 2.25 bits per heavy atom. The Bertz CT molecular complexity index is 348. The Hall–Kier alpha value is -0.870. The van der Waals surface area contributed by atoms with Gasteiger partial charge >= 0.3 is 5.97 Å². The maximum Gasteiger partial charge on any atom is 0.341 e. The molecule has 0 bridgehead atoms. The Labute approximate surface area is 77.1 Å². The summed E-state index contributed by atoms with van der Waals surface area (Å²) in [6.07, 6.45) is -1.12. The van der Waals surface area contributed by atoms with Gasteiger partial charge in [-0.15, -0.1) is 0 Å². The Morgan fingerprint density at radius 3 is 2.92 bits per heavy atom. The molecule has 0 saturated heterocycles. The average Bonchev–Trinajstić information content (AvgIpc) is 2.29. The van der Waals surface area contributed by atoms with Crippen molar-refractivity contribution in [1.29, 1.82) is 0 Å². The van der Waals surface area contributed by atoms with Crippen LogP contribution in [0.2, 0.25) is 0 Å². The largest absolute Gasteiger partial charge is 0.428 e. The fourth-order valence-electron chi connectivity index (χ4n) is 1.19. The normalized spacial score (nSPS) is 20.5. The predicted octanol–water partition coefficient (Wildman–Crippen LogP) is 1.61. The molecule has 0 aromatic heterocycles. The van der Waals surface area contributed by atoms with Gasteiger partial charge in [-0.3, -0.25) is 0 Å². The molecule has 3 nitrogen and oxygen atoms in total. The summed E-state index contributed by atoms with van der Waals surface area (Å²) in [4.78, 5) is 11.0. The number of aliphatic hydroxyl groups is 1. The first-order chi connectivity index (χ1) is 5.70. The van der Waals surface area contributed by atoms with Gasteiger partial charge < -0.3 is 9.84 Å². The summed E-state index contributed by atoms with van der Waals surface area (Å²) in [6, 6.07) is 5.10. The summed E-state index contributed by atoms with van der Waals surface area (Å²) in [7, 11) is 0. The van der Waals surface area contributed by atoms with Crippen LogP contribution in [-0.4, -0.2) is 11.1 Å². The van der Waals surface area contributed by atoms with Gasteiger partial charge in [0.05, 0.1) is 5.56 Å². The molecule has 0 saturated carbocycles. The Balaban J connectivity index is 2.67. The van der Waals surface area contributed by atoms with Crippen molar-refractivity contribution in [2.75, 3.05) is 0 Å². The third-order valence-corrected chi connectivity index (χ3v) is 2.43. The van der Waals surface area contributed by atoms with Crippen LogP contribution >= 0.6 is 15.9 Å². The van der Waals surface area contributed by atoms with Crippen LogP contribution in [0.5, 0.6) is 0 Å². The summed E-state index contributed by atoms with van der Waals surface area (Å²) in [5, 5.41) is 9.26. The number of carbonyl (C=O) groups excluding carboxylic acids is 1. The van der Waals surface area contributed by atoms with Crippen LogP contribution in [0, 0.1) is 0 Å². The van der Waals surface area contributed by atoms with E-state index in [0.29, 0.717) is 15.6 Å². The molecule has 1 atom stereocenters. The lowest BCUT2D eigenvalue weighted by Gasteiger charge is -2.02. The van der Waals surface area contributed by atoms with Gasteiger partial charge in [-0.1, -0.05) is 22.0 Å². The van der Waals surface area contributed by atoms with E-state index in [2.05, 4.69) is 20.7 Å². The van der Waals surface area contributed by atoms with E-state index in [1.807, 2.05) is 0 Å². The van der Waals surface area contributed by atoms with Crippen molar-refractivity contribution in [1.82, 2.24) is 0 Å². The van der Waals surface area contributed by atoms with Gasteiger partial charge in [-0.05, 0) is 12.1 Å². The third-order valence-electron chi connectivity index (χ3n) is 1.74. The van der Waals surface area contributed by atoms with Gasteiger partial charge in [-0.2, -0.15) is 0 Å². The van der Waals surface area contributed by atoms with Crippen molar-refractivity contribution >= 4 is 21.9 Å². The third kappa shape index (κ3) is 0.956. The van der Waals surface area contributed by atoms with E-state index in [4.69, 9.17) is 0 Å². The molecule has 0 unspecified atom stereocenters. The highest BCUT2D eigenvalue weighted by molar-refractivity contribution is 9.10. The second kappa shape index (κ2) is 2.57. The molecule has 2 rings (SSSR count). The lowest BCUT2D eigenvalue weighted by molar-refractivity contribution is -0.0551. The number of carbonyl (C=O) groups is 1. The minimum Gasteiger partial charge on any atom is -0.428 e. The standard InChI is InChI=1S/C8H5BrO3/c9-5-3-1-2-4-6(5)8(11)12-7(4)10/h1-3,8,11H/t8-/m0/s1. The molecule has 0 fully saturated rings. The molecule has 1 heterocycles. The highest BCUT2D eigenvalue weighted by atomic mass is 79.9. The van der Waals surface area contributed by atoms with Crippen LogP contribution in [0.3, 0.4) is 0 Å². The molecular formula is C8H5BrO3. The number of aliphatic hydroxyl groups excluding tert-OH is 1. The lowest BCUT2D eigenvalue weighted by Crippen LogP contribution is -1.96. The molecule has 1 N–H and O–H groups in total. The van der Waals surface area contributed by atoms with Crippen molar-refractivity contribution in [2.24, 2.45) is 0 Å². The highest BCUT2D eigenvalue weighted by Crippen LogP contribution is 2.33. The average molecular weight is 229 g/mol. The van der Waals surface area contributed by atoms with Gasteiger partial charge in [0.25, 0.3) is 0 Å². The lowest BCUT2D eigenvalue weighted by atomic mass is 10.1. The van der Waals surface area contributed by atoms with Gasteiger partial charge in [0.1, 0.15) is 0 Å². The number of halogens is 1. The number of esters is 1. The van der Waals surface area contributed by atoms with Crippen molar-refractivity contribution in [3.63, 3.8) is 0 Å². The summed E-state index contributed by atoms with van der Waals surface area (Å²) >= 11 is 3.22. The molecule has 1 aliphatic rings. The fraction of sp³-hybridized carbons (Fsp3) is 0.125. The number of ether oxygens (including phenoxy) is 1. The molecule has 12 heavy (non-hydrogen) atoms. The van der Waals surface area contributed by atoms with E-state index in [1.165, 1.54) is 0 Å². The van der Waals surface area contributed by atoms with Crippen LogP contribution in [0.25, 0.3) is 0 Å². The molecule has 1 aliphatic heterocycles. The molecule has 62 valence electrons. The number of rotatable bonds is 0. The predicted molar refractivity (Wildman–Crippen MR) is 44.5 cm³/mol. The van der Waals surface area contributed by atoms with Gasteiger partial charge in [0, 0.05) is 10.0 Å². The molecule has 1 aromatic carbocycles. The topological polar surface area (TPSA) is 46.5 Å². The van der Waals surface area contributed by atoms with Crippen LogP contribution in [0.15, 0.2) is 22.7 Å². The molecule has 1 aromatic rings. The molecule has 0 spiro atoms. The van der Waals surface area contributed by atoms with E-state index >= 15 is 0 Å². The summed E-state index contributed by atoms with van der Waals surface area (Å²) in [6.45, 7) is 0. The Kier molecular flexibility index (Phi) is 1.66. The van der Waals surface area contributed by atoms with E-state index in [1.54, 1.807) is 18.2 Å². The number of cyclic esters (lactones) is 1. The quantitative estimate of drug-likeness (QED) is 0.687. The fourth-order valence-corrected chi connectivity index (χ4v) is 1.75. The first-order valence-corrected chi connectivity index (χ1v) is 4.17. The molecular weight excluding hydrogens is 224 g/mol. The SMILES string of the molecule is O=C1O[C@H](O)c2c(Br)cccc21. The van der Waals surface area contributed by atoms with E-state index < -0.39 is 12.3 Å². The number of hydrogen-bond acceptors (Lipinski definition) is 3. The summed E-state index contributed by atoms with van der Waals surface area (Å²) in [5.74, 6) is -0.473. The molecule has 4 heteroatoms. The summed E-state index contributed by atoms with van der Waals surface area (Å²) < 4.78 is 5.29.